The fourth-order valence-corrected chi connectivity index (χ4v) is 2.77. The van der Waals surface area contributed by atoms with E-state index in [4.69, 9.17) is 9.15 Å². The Bertz CT molecular complexity index is 820. The Balaban J connectivity index is 2.01. The molecule has 2 aromatic rings. The van der Waals surface area contributed by atoms with Crippen molar-refractivity contribution in [1.82, 2.24) is 0 Å². The standard InChI is InChI=1S/C18H21NO4/c1-3-4-5-8-22-12-9-14(20)16-15(10-12)23-18(21)13-7-6-11(2)19-17(13)16/h6,9-10,19-20H,3-5,7-8H2,1-2H3. The minimum atomic E-state index is -0.383. The Morgan fingerprint density at radius 2 is 2.17 bits per heavy atom. The number of aromatic hydroxyl groups is 1. The predicted octanol–water partition coefficient (Wildman–Crippen LogP) is 3.94. The lowest BCUT2D eigenvalue weighted by molar-refractivity contribution is 0.304. The number of benzene rings is 1. The van der Waals surface area contributed by atoms with Gasteiger partial charge in [0.25, 0.3) is 0 Å². The topological polar surface area (TPSA) is 71.7 Å². The van der Waals surface area contributed by atoms with Crippen LogP contribution in [0.3, 0.4) is 0 Å². The highest BCUT2D eigenvalue weighted by molar-refractivity contribution is 5.98. The highest BCUT2D eigenvalue weighted by Gasteiger charge is 2.20. The first-order valence-corrected chi connectivity index (χ1v) is 7.99. The molecule has 0 aliphatic carbocycles. The molecule has 0 bridgehead atoms. The van der Waals surface area contributed by atoms with Gasteiger partial charge in [0.15, 0.2) is 0 Å². The summed E-state index contributed by atoms with van der Waals surface area (Å²) in [7, 11) is 0. The largest absolute Gasteiger partial charge is 0.507 e. The molecule has 3 rings (SSSR count). The molecule has 1 aliphatic heterocycles. The third-order valence-corrected chi connectivity index (χ3v) is 4.01. The normalized spacial score (nSPS) is 13.4. The van der Waals surface area contributed by atoms with E-state index in [0.717, 1.165) is 25.0 Å². The summed E-state index contributed by atoms with van der Waals surface area (Å²) in [6.07, 6.45) is 5.59. The van der Waals surface area contributed by atoms with Gasteiger partial charge in [-0.3, -0.25) is 0 Å². The van der Waals surface area contributed by atoms with Gasteiger partial charge < -0.3 is 19.6 Å². The molecule has 23 heavy (non-hydrogen) atoms. The number of phenolic OH excluding ortho intramolecular Hbond substituents is 1. The minimum absolute atomic E-state index is 0.0511. The van der Waals surface area contributed by atoms with Crippen LogP contribution in [0.5, 0.6) is 11.5 Å². The number of hydrogen-bond acceptors (Lipinski definition) is 5. The summed E-state index contributed by atoms with van der Waals surface area (Å²) in [4.78, 5) is 12.1. The number of ether oxygens (including phenoxy) is 1. The highest BCUT2D eigenvalue weighted by atomic mass is 16.5. The Morgan fingerprint density at radius 1 is 1.35 bits per heavy atom. The molecule has 0 unspecified atom stereocenters. The van der Waals surface area contributed by atoms with Gasteiger partial charge in [0.2, 0.25) is 0 Å². The van der Waals surface area contributed by atoms with Crippen LogP contribution in [0.15, 0.2) is 33.1 Å². The first-order valence-electron chi connectivity index (χ1n) is 7.99. The SMILES string of the molecule is CCCCCOc1cc(O)c2c3c(c(=O)oc2c1)CC=C(C)N3. The summed E-state index contributed by atoms with van der Waals surface area (Å²) < 4.78 is 11.0. The highest BCUT2D eigenvalue weighted by Crippen LogP contribution is 2.38. The van der Waals surface area contributed by atoms with Crippen LogP contribution in [0, 0.1) is 0 Å². The molecule has 0 saturated carbocycles. The molecule has 1 aromatic heterocycles. The summed E-state index contributed by atoms with van der Waals surface area (Å²) in [6, 6.07) is 3.24. The van der Waals surface area contributed by atoms with Gasteiger partial charge in [0.1, 0.15) is 17.1 Å². The van der Waals surface area contributed by atoms with Gasteiger partial charge in [0, 0.05) is 24.3 Å². The molecule has 2 heterocycles. The van der Waals surface area contributed by atoms with Gasteiger partial charge in [-0.2, -0.15) is 0 Å². The summed E-state index contributed by atoms with van der Waals surface area (Å²) in [5, 5.41) is 14.1. The average molecular weight is 315 g/mol. The molecule has 2 N–H and O–H groups in total. The maximum absolute atomic E-state index is 12.1. The third-order valence-electron chi connectivity index (χ3n) is 4.01. The number of allylic oxidation sites excluding steroid dienone is 2. The van der Waals surface area contributed by atoms with E-state index in [0.29, 0.717) is 41.0 Å². The first kappa shape index (κ1) is 15.5. The van der Waals surface area contributed by atoms with Crippen LogP contribution in [0.4, 0.5) is 5.69 Å². The van der Waals surface area contributed by atoms with Crippen LogP contribution >= 0.6 is 0 Å². The summed E-state index contributed by atoms with van der Waals surface area (Å²) in [5.74, 6) is 0.562. The van der Waals surface area contributed by atoms with E-state index in [2.05, 4.69) is 12.2 Å². The Labute approximate surface area is 134 Å². The fraction of sp³-hybridized carbons (Fsp3) is 0.389. The lowest BCUT2D eigenvalue weighted by Gasteiger charge is -2.18. The molecule has 0 radical (unpaired) electrons. The van der Waals surface area contributed by atoms with Crippen LogP contribution in [0.25, 0.3) is 11.0 Å². The number of fused-ring (bicyclic) bond motifs is 3. The average Bonchev–Trinajstić information content (AvgIpc) is 2.51. The van der Waals surface area contributed by atoms with E-state index in [-0.39, 0.29) is 11.4 Å². The predicted molar refractivity (Wildman–Crippen MR) is 90.3 cm³/mol. The Hall–Kier alpha value is -2.43. The second-order valence-electron chi connectivity index (χ2n) is 5.83. The van der Waals surface area contributed by atoms with Crippen molar-refractivity contribution in [3.05, 3.63) is 39.9 Å². The van der Waals surface area contributed by atoms with Crippen molar-refractivity contribution < 1.29 is 14.3 Å². The van der Waals surface area contributed by atoms with E-state index < -0.39 is 0 Å². The molecule has 122 valence electrons. The zero-order chi connectivity index (χ0) is 16.4. The number of phenols is 1. The van der Waals surface area contributed by atoms with Crippen molar-refractivity contribution in [1.29, 1.82) is 0 Å². The lowest BCUT2D eigenvalue weighted by atomic mass is 10.0. The van der Waals surface area contributed by atoms with Crippen LogP contribution in [0.2, 0.25) is 0 Å². The van der Waals surface area contributed by atoms with Gasteiger partial charge >= 0.3 is 5.63 Å². The number of nitrogens with one attached hydrogen (secondary N) is 1. The van der Waals surface area contributed by atoms with Crippen LogP contribution in [0.1, 0.15) is 38.7 Å². The van der Waals surface area contributed by atoms with E-state index in [1.807, 2.05) is 13.0 Å². The molecule has 0 spiro atoms. The zero-order valence-electron chi connectivity index (χ0n) is 13.4. The summed E-state index contributed by atoms with van der Waals surface area (Å²) in [6.45, 7) is 4.63. The molecule has 0 fully saturated rings. The van der Waals surface area contributed by atoms with E-state index in [9.17, 15) is 9.90 Å². The van der Waals surface area contributed by atoms with E-state index >= 15 is 0 Å². The van der Waals surface area contributed by atoms with E-state index in [1.54, 1.807) is 12.1 Å². The van der Waals surface area contributed by atoms with Crippen molar-refractivity contribution in [3.63, 3.8) is 0 Å². The fourth-order valence-electron chi connectivity index (χ4n) is 2.77. The summed E-state index contributed by atoms with van der Waals surface area (Å²) in [5.41, 5.74) is 2.07. The van der Waals surface area contributed by atoms with Gasteiger partial charge in [-0.1, -0.05) is 25.8 Å². The molecular formula is C18H21NO4. The molecule has 0 saturated heterocycles. The first-order chi connectivity index (χ1) is 11.1. The van der Waals surface area contributed by atoms with Gasteiger partial charge in [-0.25, -0.2) is 4.79 Å². The molecule has 0 amide bonds. The molecule has 5 nitrogen and oxygen atoms in total. The van der Waals surface area contributed by atoms with Gasteiger partial charge in [0.05, 0.1) is 23.2 Å². The van der Waals surface area contributed by atoms with Gasteiger partial charge in [-0.15, -0.1) is 0 Å². The molecule has 0 atom stereocenters. The quantitative estimate of drug-likeness (QED) is 0.646. The smallest absolute Gasteiger partial charge is 0.341 e. The molecular weight excluding hydrogens is 294 g/mol. The molecule has 1 aliphatic rings. The van der Waals surface area contributed by atoms with Crippen LogP contribution in [-0.4, -0.2) is 11.7 Å². The Kier molecular flexibility index (Phi) is 4.28. The minimum Gasteiger partial charge on any atom is -0.507 e. The third kappa shape index (κ3) is 3.04. The summed E-state index contributed by atoms with van der Waals surface area (Å²) >= 11 is 0. The number of anilines is 1. The van der Waals surface area contributed by atoms with Crippen molar-refractivity contribution in [3.8, 4) is 11.5 Å². The van der Waals surface area contributed by atoms with Gasteiger partial charge in [-0.05, 0) is 13.3 Å². The Morgan fingerprint density at radius 3 is 2.96 bits per heavy atom. The van der Waals surface area contributed by atoms with Crippen molar-refractivity contribution >= 4 is 16.7 Å². The van der Waals surface area contributed by atoms with Crippen molar-refractivity contribution in [2.45, 2.75) is 39.5 Å². The second-order valence-corrected chi connectivity index (χ2v) is 5.83. The lowest BCUT2D eigenvalue weighted by Crippen LogP contribution is -2.16. The van der Waals surface area contributed by atoms with Crippen molar-refractivity contribution in [2.75, 3.05) is 11.9 Å². The van der Waals surface area contributed by atoms with Crippen molar-refractivity contribution in [2.24, 2.45) is 0 Å². The number of rotatable bonds is 5. The molecule has 1 aromatic carbocycles. The zero-order valence-corrected chi connectivity index (χ0v) is 13.4. The maximum Gasteiger partial charge on any atom is 0.341 e. The van der Waals surface area contributed by atoms with Crippen LogP contribution < -0.4 is 15.7 Å². The van der Waals surface area contributed by atoms with E-state index in [1.165, 1.54) is 0 Å². The van der Waals surface area contributed by atoms with Crippen LogP contribution in [-0.2, 0) is 6.42 Å². The molecule has 5 heteroatoms. The second kappa shape index (κ2) is 6.36. The number of hydrogen-bond donors (Lipinski definition) is 2. The maximum atomic E-state index is 12.1. The monoisotopic (exact) mass is 315 g/mol. The number of unbranched alkanes of at least 4 members (excludes halogenated alkanes) is 2.